The van der Waals surface area contributed by atoms with Crippen molar-refractivity contribution in [2.45, 2.75) is 19.4 Å². The number of halogens is 2. The molecule has 2 rings (SSSR count). The van der Waals surface area contributed by atoms with Crippen LogP contribution in [-0.2, 0) is 0 Å². The molecule has 1 fully saturated rings. The number of guanidine groups is 1. The minimum Gasteiger partial charge on any atom is -0.495 e. The van der Waals surface area contributed by atoms with E-state index in [1.165, 1.54) is 0 Å². The fourth-order valence-electron chi connectivity index (χ4n) is 2.92. The molecule has 0 aliphatic carbocycles. The maximum Gasteiger partial charge on any atom is 0.191 e. The van der Waals surface area contributed by atoms with Gasteiger partial charge in [0.2, 0.25) is 0 Å². The smallest absolute Gasteiger partial charge is 0.191 e. The molecule has 1 heterocycles. The van der Waals surface area contributed by atoms with Crippen molar-refractivity contribution in [3.63, 3.8) is 0 Å². The molecule has 0 spiro atoms. The van der Waals surface area contributed by atoms with Gasteiger partial charge in [0.15, 0.2) is 5.96 Å². The lowest BCUT2D eigenvalue weighted by molar-refractivity contribution is 0.357. The third-order valence-electron chi connectivity index (χ3n) is 4.56. The third-order valence-corrected chi connectivity index (χ3v) is 4.80. The second-order valence-corrected chi connectivity index (χ2v) is 6.72. The number of nitrogens with one attached hydrogen (secondary N) is 2. The fraction of sp³-hybridized carbons (Fsp3) is 0.611. The Morgan fingerprint density at radius 1 is 1.46 bits per heavy atom. The number of likely N-dealkylation sites (N-methyl/N-ethyl adjacent to an activating group) is 1. The van der Waals surface area contributed by atoms with Crippen LogP contribution in [0.4, 0.5) is 5.69 Å². The van der Waals surface area contributed by atoms with E-state index in [1.807, 2.05) is 25.2 Å². The molecule has 148 valence electrons. The van der Waals surface area contributed by atoms with E-state index in [-0.39, 0.29) is 24.0 Å². The van der Waals surface area contributed by atoms with Gasteiger partial charge in [-0.15, -0.1) is 24.0 Å². The Labute approximate surface area is 179 Å². The van der Waals surface area contributed by atoms with Crippen LogP contribution in [0.2, 0.25) is 5.02 Å². The Hall–Kier alpha value is -0.930. The molecule has 0 aromatic heterocycles. The van der Waals surface area contributed by atoms with E-state index in [2.05, 4.69) is 39.4 Å². The first-order valence-corrected chi connectivity index (χ1v) is 9.19. The summed E-state index contributed by atoms with van der Waals surface area (Å²) in [5.74, 6) is 1.71. The van der Waals surface area contributed by atoms with Crippen molar-refractivity contribution < 1.29 is 4.74 Å². The van der Waals surface area contributed by atoms with Crippen LogP contribution in [0.1, 0.15) is 13.3 Å². The van der Waals surface area contributed by atoms with Gasteiger partial charge < -0.3 is 25.2 Å². The number of hydrogen-bond acceptors (Lipinski definition) is 4. The molecular weight excluding hydrogens is 465 g/mol. The maximum absolute atomic E-state index is 6.16. The van der Waals surface area contributed by atoms with E-state index in [4.69, 9.17) is 16.3 Å². The zero-order valence-corrected chi connectivity index (χ0v) is 19.2. The molecule has 1 saturated heterocycles. The second kappa shape index (κ2) is 11.7. The predicted molar refractivity (Wildman–Crippen MR) is 122 cm³/mol. The van der Waals surface area contributed by atoms with Crippen molar-refractivity contribution in [2.24, 2.45) is 4.99 Å². The van der Waals surface area contributed by atoms with E-state index < -0.39 is 0 Å². The lowest BCUT2D eigenvalue weighted by Crippen LogP contribution is -2.46. The Morgan fingerprint density at radius 3 is 2.88 bits per heavy atom. The molecule has 2 N–H and O–H groups in total. The number of rotatable bonds is 7. The average molecular weight is 496 g/mol. The SMILES string of the molecule is CCN(C)CCNC(=NC)NC1CCN(c2cc(Cl)ccc2OC)C1.I. The van der Waals surface area contributed by atoms with Crippen molar-refractivity contribution in [1.29, 1.82) is 0 Å². The number of aliphatic imine (C=N–C) groups is 1. The summed E-state index contributed by atoms with van der Waals surface area (Å²) in [5.41, 5.74) is 1.05. The summed E-state index contributed by atoms with van der Waals surface area (Å²) in [6.45, 7) is 6.93. The average Bonchev–Trinajstić information content (AvgIpc) is 3.08. The van der Waals surface area contributed by atoms with Crippen LogP contribution >= 0.6 is 35.6 Å². The van der Waals surface area contributed by atoms with Gasteiger partial charge in [-0.25, -0.2) is 0 Å². The third kappa shape index (κ3) is 6.66. The number of methoxy groups -OCH3 is 1. The summed E-state index contributed by atoms with van der Waals surface area (Å²) >= 11 is 6.16. The Kier molecular flexibility index (Phi) is 10.4. The normalized spacial score (nSPS) is 17.2. The monoisotopic (exact) mass is 495 g/mol. The molecular formula is C18H31ClIN5O. The largest absolute Gasteiger partial charge is 0.495 e. The van der Waals surface area contributed by atoms with Crippen LogP contribution in [0.25, 0.3) is 0 Å². The van der Waals surface area contributed by atoms with Gasteiger partial charge in [-0.3, -0.25) is 4.99 Å². The predicted octanol–water partition coefficient (Wildman–Crippen LogP) is 2.66. The van der Waals surface area contributed by atoms with Crippen LogP contribution < -0.4 is 20.3 Å². The highest BCUT2D eigenvalue weighted by Gasteiger charge is 2.25. The topological polar surface area (TPSA) is 52.1 Å². The Morgan fingerprint density at radius 2 is 2.23 bits per heavy atom. The van der Waals surface area contributed by atoms with Crippen LogP contribution in [0.15, 0.2) is 23.2 Å². The molecule has 1 aliphatic heterocycles. The molecule has 1 aromatic carbocycles. The van der Waals surface area contributed by atoms with Gasteiger partial charge in [-0.05, 0) is 38.2 Å². The number of nitrogens with zero attached hydrogens (tertiary/aromatic N) is 3. The highest BCUT2D eigenvalue weighted by Crippen LogP contribution is 2.33. The van der Waals surface area contributed by atoms with Crippen LogP contribution in [0, 0.1) is 0 Å². The van der Waals surface area contributed by atoms with Crippen LogP contribution in [-0.4, -0.2) is 70.8 Å². The molecule has 1 atom stereocenters. The van der Waals surface area contributed by atoms with Gasteiger partial charge in [0.25, 0.3) is 0 Å². The molecule has 0 bridgehead atoms. The summed E-state index contributed by atoms with van der Waals surface area (Å²) in [4.78, 5) is 8.90. The van der Waals surface area contributed by atoms with Gasteiger partial charge in [-0.2, -0.15) is 0 Å². The lowest BCUT2D eigenvalue weighted by Gasteiger charge is -2.22. The molecule has 1 unspecified atom stereocenters. The summed E-state index contributed by atoms with van der Waals surface area (Å²) in [7, 11) is 5.62. The van der Waals surface area contributed by atoms with Gasteiger partial charge in [0.1, 0.15) is 5.75 Å². The zero-order valence-electron chi connectivity index (χ0n) is 16.1. The van der Waals surface area contributed by atoms with Crippen molar-refractivity contribution >= 4 is 47.2 Å². The van der Waals surface area contributed by atoms with E-state index in [1.54, 1.807) is 7.11 Å². The van der Waals surface area contributed by atoms with Crippen LogP contribution in [0.5, 0.6) is 5.75 Å². The van der Waals surface area contributed by atoms with Crippen molar-refractivity contribution in [3.05, 3.63) is 23.2 Å². The molecule has 0 saturated carbocycles. The minimum atomic E-state index is 0. The molecule has 0 amide bonds. The zero-order chi connectivity index (χ0) is 18.2. The van der Waals surface area contributed by atoms with Gasteiger partial charge in [0.05, 0.1) is 12.8 Å². The number of benzene rings is 1. The molecule has 1 aromatic rings. The molecule has 8 heteroatoms. The van der Waals surface area contributed by atoms with Crippen molar-refractivity contribution in [3.8, 4) is 5.75 Å². The summed E-state index contributed by atoms with van der Waals surface area (Å²) in [5, 5.41) is 7.62. The van der Waals surface area contributed by atoms with Gasteiger partial charge in [0, 0.05) is 44.3 Å². The molecule has 26 heavy (non-hydrogen) atoms. The highest BCUT2D eigenvalue weighted by molar-refractivity contribution is 14.0. The van der Waals surface area contributed by atoms with E-state index in [0.717, 1.165) is 61.6 Å². The molecule has 1 aliphatic rings. The lowest BCUT2D eigenvalue weighted by atomic mass is 10.2. The first-order chi connectivity index (χ1) is 12.1. The Bertz CT molecular complexity index is 587. The first-order valence-electron chi connectivity index (χ1n) is 8.81. The summed E-state index contributed by atoms with van der Waals surface area (Å²) in [6.07, 6.45) is 1.05. The van der Waals surface area contributed by atoms with Gasteiger partial charge in [-0.1, -0.05) is 18.5 Å². The standard InChI is InChI=1S/C18H30ClN5O.HI/c1-5-23(3)11-9-21-18(20-2)22-15-8-10-24(13-15)16-12-14(19)6-7-17(16)25-4;/h6-7,12,15H,5,8-11,13H2,1-4H3,(H2,20,21,22);1H. The number of anilines is 1. The summed E-state index contributed by atoms with van der Waals surface area (Å²) in [6, 6.07) is 6.09. The number of ether oxygens (including phenoxy) is 1. The maximum atomic E-state index is 6.16. The van der Waals surface area contributed by atoms with E-state index in [0.29, 0.717) is 6.04 Å². The quantitative estimate of drug-likeness (QED) is 0.346. The summed E-state index contributed by atoms with van der Waals surface area (Å²) < 4.78 is 5.47. The van der Waals surface area contributed by atoms with Crippen molar-refractivity contribution in [2.75, 3.05) is 58.8 Å². The molecule has 6 nitrogen and oxygen atoms in total. The van der Waals surface area contributed by atoms with E-state index >= 15 is 0 Å². The molecule has 0 radical (unpaired) electrons. The van der Waals surface area contributed by atoms with Crippen LogP contribution in [0.3, 0.4) is 0 Å². The fourth-order valence-corrected chi connectivity index (χ4v) is 3.08. The second-order valence-electron chi connectivity index (χ2n) is 6.29. The number of hydrogen-bond donors (Lipinski definition) is 2. The minimum absolute atomic E-state index is 0. The van der Waals surface area contributed by atoms with Crippen molar-refractivity contribution in [1.82, 2.24) is 15.5 Å². The van der Waals surface area contributed by atoms with E-state index in [9.17, 15) is 0 Å². The Balaban J connectivity index is 0.00000338. The highest BCUT2D eigenvalue weighted by atomic mass is 127. The first kappa shape index (κ1) is 23.1. The van der Waals surface area contributed by atoms with Gasteiger partial charge >= 0.3 is 0 Å².